The van der Waals surface area contributed by atoms with Gasteiger partial charge in [-0.15, -0.1) is 0 Å². The Labute approximate surface area is 98.6 Å². The first-order chi connectivity index (χ1) is 7.59. The Balaban J connectivity index is 2.21. The number of aromatic hydroxyl groups is 1. The summed E-state index contributed by atoms with van der Waals surface area (Å²) in [6.45, 7) is 3.48. The number of pyridine rings is 1. The molecule has 2 unspecified atom stereocenters. The molecule has 2 N–H and O–H groups in total. The second kappa shape index (κ2) is 6.60. The average Bonchev–Trinajstić information content (AvgIpc) is 2.26. The van der Waals surface area contributed by atoms with Gasteiger partial charge in [-0.1, -0.05) is 6.92 Å². The molecule has 90 valence electrons. The molecule has 0 fully saturated rings. The molecular formula is C11H18N2O2S. The smallest absolute Gasteiger partial charge is 0.133 e. The van der Waals surface area contributed by atoms with Gasteiger partial charge in [0.1, 0.15) is 5.75 Å². The first kappa shape index (κ1) is 13.1. The molecule has 0 aliphatic carbocycles. The van der Waals surface area contributed by atoms with Gasteiger partial charge in [-0.25, -0.2) is 0 Å². The summed E-state index contributed by atoms with van der Waals surface area (Å²) < 4.78 is 11.1. The third-order valence-corrected chi connectivity index (χ3v) is 3.78. The van der Waals surface area contributed by atoms with Crippen LogP contribution in [0.3, 0.4) is 0 Å². The zero-order valence-electron chi connectivity index (χ0n) is 9.64. The van der Waals surface area contributed by atoms with Crippen LogP contribution in [0.2, 0.25) is 0 Å². The van der Waals surface area contributed by atoms with Crippen LogP contribution in [0.5, 0.6) is 5.75 Å². The molecule has 0 aliphatic heterocycles. The van der Waals surface area contributed by atoms with Crippen LogP contribution in [0.15, 0.2) is 18.3 Å². The van der Waals surface area contributed by atoms with Crippen LogP contribution in [0.25, 0.3) is 0 Å². The predicted molar refractivity (Wildman–Crippen MR) is 65.8 cm³/mol. The summed E-state index contributed by atoms with van der Waals surface area (Å²) in [5, 5.41) is 12.5. The molecule has 1 aromatic heterocycles. The van der Waals surface area contributed by atoms with Crippen LogP contribution in [-0.2, 0) is 17.3 Å². The van der Waals surface area contributed by atoms with Gasteiger partial charge in [0, 0.05) is 28.9 Å². The van der Waals surface area contributed by atoms with Crippen LogP contribution in [0.1, 0.15) is 19.0 Å². The molecule has 0 saturated carbocycles. The predicted octanol–water partition coefficient (Wildman–Crippen LogP) is 1.03. The van der Waals surface area contributed by atoms with Gasteiger partial charge in [0.05, 0.1) is 11.9 Å². The maximum absolute atomic E-state index is 11.1. The van der Waals surface area contributed by atoms with Crippen LogP contribution in [0, 0.1) is 0 Å². The standard InChI is InChI=1S/C11H18N2O2S/c1-9(16(2)15)5-6-12-7-10-3-4-11(14)8-13-10/h3-4,8-9,12,14H,5-7H2,1-2H3. The number of hydrogen-bond acceptors (Lipinski definition) is 4. The number of aromatic nitrogens is 1. The molecule has 16 heavy (non-hydrogen) atoms. The van der Waals surface area contributed by atoms with E-state index in [4.69, 9.17) is 5.11 Å². The van der Waals surface area contributed by atoms with E-state index in [1.807, 2.05) is 6.92 Å². The van der Waals surface area contributed by atoms with Crippen LogP contribution in [0.4, 0.5) is 0 Å². The maximum Gasteiger partial charge on any atom is 0.133 e. The van der Waals surface area contributed by atoms with Crippen LogP contribution in [-0.4, -0.2) is 32.3 Å². The first-order valence-electron chi connectivity index (χ1n) is 5.26. The second-order valence-electron chi connectivity index (χ2n) is 3.78. The van der Waals surface area contributed by atoms with Gasteiger partial charge in [0.15, 0.2) is 0 Å². The highest BCUT2D eigenvalue weighted by Crippen LogP contribution is 2.05. The molecule has 1 rings (SSSR count). The van der Waals surface area contributed by atoms with Gasteiger partial charge < -0.3 is 10.4 Å². The van der Waals surface area contributed by atoms with Gasteiger partial charge in [-0.3, -0.25) is 9.19 Å². The fraction of sp³-hybridized carbons (Fsp3) is 0.545. The van der Waals surface area contributed by atoms with E-state index in [0.717, 1.165) is 18.7 Å². The van der Waals surface area contributed by atoms with Crippen molar-refractivity contribution in [3.8, 4) is 5.75 Å². The summed E-state index contributed by atoms with van der Waals surface area (Å²) in [7, 11) is -0.750. The summed E-state index contributed by atoms with van der Waals surface area (Å²) in [6.07, 6.45) is 4.05. The van der Waals surface area contributed by atoms with Crippen molar-refractivity contribution in [2.24, 2.45) is 0 Å². The Bertz CT molecular complexity index is 340. The van der Waals surface area contributed by atoms with E-state index in [1.54, 1.807) is 18.4 Å². The number of nitrogens with zero attached hydrogens (tertiary/aromatic N) is 1. The van der Waals surface area contributed by atoms with Crippen molar-refractivity contribution >= 4 is 10.8 Å². The lowest BCUT2D eigenvalue weighted by atomic mass is 10.3. The summed E-state index contributed by atoms with van der Waals surface area (Å²) >= 11 is 0. The van der Waals surface area contributed by atoms with E-state index in [2.05, 4.69) is 10.3 Å². The lowest BCUT2D eigenvalue weighted by Crippen LogP contribution is -2.21. The summed E-state index contributed by atoms with van der Waals surface area (Å²) in [6, 6.07) is 3.40. The zero-order chi connectivity index (χ0) is 12.0. The van der Waals surface area contributed by atoms with Crippen molar-refractivity contribution < 1.29 is 9.32 Å². The molecule has 0 aromatic carbocycles. The molecular weight excluding hydrogens is 224 g/mol. The molecule has 1 aromatic rings. The third kappa shape index (κ3) is 4.72. The Kier molecular flexibility index (Phi) is 5.42. The molecule has 1 heterocycles. The minimum absolute atomic E-state index is 0.179. The monoisotopic (exact) mass is 242 g/mol. The Morgan fingerprint density at radius 1 is 1.56 bits per heavy atom. The van der Waals surface area contributed by atoms with Crippen molar-refractivity contribution in [3.05, 3.63) is 24.0 Å². The highest BCUT2D eigenvalue weighted by atomic mass is 32.2. The lowest BCUT2D eigenvalue weighted by Gasteiger charge is -2.08. The summed E-state index contributed by atoms with van der Waals surface area (Å²) in [4.78, 5) is 4.06. The Morgan fingerprint density at radius 2 is 2.31 bits per heavy atom. The van der Waals surface area contributed by atoms with E-state index in [1.165, 1.54) is 6.20 Å². The van der Waals surface area contributed by atoms with E-state index >= 15 is 0 Å². The highest BCUT2D eigenvalue weighted by molar-refractivity contribution is 7.84. The molecule has 5 heteroatoms. The van der Waals surface area contributed by atoms with Gasteiger partial charge in [-0.2, -0.15) is 0 Å². The van der Waals surface area contributed by atoms with Crippen molar-refractivity contribution in [1.29, 1.82) is 0 Å². The van der Waals surface area contributed by atoms with Crippen molar-refractivity contribution in [1.82, 2.24) is 10.3 Å². The minimum atomic E-state index is -0.750. The van der Waals surface area contributed by atoms with Crippen LogP contribution >= 0.6 is 0 Å². The van der Waals surface area contributed by atoms with Gasteiger partial charge in [-0.05, 0) is 25.1 Å². The Hall–Kier alpha value is -0.940. The molecule has 0 saturated heterocycles. The van der Waals surface area contributed by atoms with Crippen molar-refractivity contribution in [3.63, 3.8) is 0 Å². The number of hydrogen-bond donors (Lipinski definition) is 2. The first-order valence-corrected chi connectivity index (χ1v) is 6.88. The largest absolute Gasteiger partial charge is 0.506 e. The van der Waals surface area contributed by atoms with Crippen molar-refractivity contribution in [2.45, 2.75) is 25.1 Å². The highest BCUT2D eigenvalue weighted by Gasteiger charge is 2.04. The summed E-state index contributed by atoms with van der Waals surface area (Å²) in [5.41, 5.74) is 0.892. The second-order valence-corrected chi connectivity index (χ2v) is 5.58. The molecule has 0 radical (unpaired) electrons. The lowest BCUT2D eigenvalue weighted by molar-refractivity contribution is 0.471. The maximum atomic E-state index is 11.1. The number of rotatable bonds is 6. The Morgan fingerprint density at radius 3 is 2.88 bits per heavy atom. The van der Waals surface area contributed by atoms with E-state index in [-0.39, 0.29) is 11.0 Å². The van der Waals surface area contributed by atoms with E-state index in [0.29, 0.717) is 6.54 Å². The molecule has 0 bridgehead atoms. The topological polar surface area (TPSA) is 62.2 Å². The molecule has 0 spiro atoms. The van der Waals surface area contributed by atoms with Gasteiger partial charge in [0.25, 0.3) is 0 Å². The van der Waals surface area contributed by atoms with E-state index in [9.17, 15) is 4.21 Å². The quantitative estimate of drug-likeness (QED) is 0.732. The molecule has 0 aliphatic rings. The molecule has 0 amide bonds. The van der Waals surface area contributed by atoms with Gasteiger partial charge in [0.2, 0.25) is 0 Å². The zero-order valence-corrected chi connectivity index (χ0v) is 10.5. The average molecular weight is 242 g/mol. The number of nitrogens with one attached hydrogen (secondary N) is 1. The molecule has 2 atom stereocenters. The fourth-order valence-electron chi connectivity index (χ4n) is 1.21. The SMILES string of the molecule is CC(CCNCc1ccc(O)cn1)S(C)=O. The van der Waals surface area contributed by atoms with Crippen molar-refractivity contribution in [2.75, 3.05) is 12.8 Å². The van der Waals surface area contributed by atoms with Crippen LogP contribution < -0.4 is 5.32 Å². The summed E-state index contributed by atoms with van der Waals surface area (Å²) in [5.74, 6) is 0.179. The minimum Gasteiger partial charge on any atom is -0.506 e. The van der Waals surface area contributed by atoms with Gasteiger partial charge >= 0.3 is 0 Å². The molecule has 4 nitrogen and oxygen atoms in total. The third-order valence-electron chi connectivity index (χ3n) is 2.41. The normalized spacial score (nSPS) is 14.6. The van der Waals surface area contributed by atoms with E-state index < -0.39 is 10.8 Å². The fourth-order valence-corrected chi connectivity index (χ4v) is 1.66.